The SMILES string of the molecule is C=C=C(CC(C)C)n1ccsc1=Nc1ccc([N+](=O)[O-])cc1. The van der Waals surface area contributed by atoms with Crippen LogP contribution in [0.2, 0.25) is 0 Å². The van der Waals surface area contributed by atoms with Crippen molar-refractivity contribution in [1.29, 1.82) is 0 Å². The average Bonchev–Trinajstić information content (AvgIpc) is 2.93. The van der Waals surface area contributed by atoms with Crippen LogP contribution >= 0.6 is 11.3 Å². The Hall–Kier alpha value is -2.43. The van der Waals surface area contributed by atoms with E-state index in [9.17, 15) is 10.1 Å². The summed E-state index contributed by atoms with van der Waals surface area (Å²) in [5.41, 5.74) is 4.68. The van der Waals surface area contributed by atoms with Gasteiger partial charge < -0.3 is 0 Å². The van der Waals surface area contributed by atoms with Crippen LogP contribution in [0.3, 0.4) is 0 Å². The maximum atomic E-state index is 10.7. The highest BCUT2D eigenvalue weighted by molar-refractivity contribution is 7.07. The molecule has 114 valence electrons. The van der Waals surface area contributed by atoms with E-state index in [1.54, 1.807) is 12.1 Å². The van der Waals surface area contributed by atoms with Gasteiger partial charge in [0.05, 0.1) is 16.3 Å². The van der Waals surface area contributed by atoms with Crippen molar-refractivity contribution in [2.45, 2.75) is 20.3 Å². The number of benzene rings is 1. The summed E-state index contributed by atoms with van der Waals surface area (Å²) in [6, 6.07) is 6.19. The quantitative estimate of drug-likeness (QED) is 0.467. The van der Waals surface area contributed by atoms with E-state index in [2.05, 4.69) is 31.2 Å². The molecule has 0 amide bonds. The number of nitro benzene ring substituents is 1. The highest BCUT2D eigenvalue weighted by Gasteiger charge is 2.06. The van der Waals surface area contributed by atoms with Gasteiger partial charge in [0.25, 0.3) is 5.69 Å². The lowest BCUT2D eigenvalue weighted by atomic mass is 10.1. The molecule has 0 unspecified atom stereocenters. The van der Waals surface area contributed by atoms with Crippen LogP contribution in [-0.4, -0.2) is 9.49 Å². The molecule has 0 bridgehead atoms. The van der Waals surface area contributed by atoms with Gasteiger partial charge in [-0.1, -0.05) is 20.4 Å². The molecule has 1 aromatic heterocycles. The second-order valence-electron chi connectivity index (χ2n) is 5.16. The van der Waals surface area contributed by atoms with Crippen molar-refractivity contribution in [3.05, 3.63) is 63.1 Å². The molecular formula is C16H17N3O2S. The molecule has 2 rings (SSSR count). The summed E-state index contributed by atoms with van der Waals surface area (Å²) in [5.74, 6) is 0.490. The molecule has 6 heteroatoms. The normalized spacial score (nSPS) is 11.5. The van der Waals surface area contributed by atoms with Gasteiger partial charge in [0, 0.05) is 23.7 Å². The van der Waals surface area contributed by atoms with E-state index in [1.165, 1.54) is 23.5 Å². The molecule has 0 atom stereocenters. The zero-order chi connectivity index (χ0) is 16.1. The van der Waals surface area contributed by atoms with Crippen LogP contribution in [0.15, 0.2) is 53.1 Å². The topological polar surface area (TPSA) is 60.4 Å². The first-order chi connectivity index (χ1) is 10.5. The monoisotopic (exact) mass is 315 g/mol. The smallest absolute Gasteiger partial charge is 0.269 e. The minimum absolute atomic E-state index is 0.0597. The van der Waals surface area contributed by atoms with Crippen molar-refractivity contribution in [2.75, 3.05) is 0 Å². The van der Waals surface area contributed by atoms with Crippen molar-refractivity contribution < 1.29 is 4.92 Å². The maximum absolute atomic E-state index is 10.7. The molecule has 0 aliphatic rings. The van der Waals surface area contributed by atoms with Gasteiger partial charge in [-0.05, 0) is 24.5 Å². The highest BCUT2D eigenvalue weighted by atomic mass is 32.1. The first kappa shape index (κ1) is 15.9. The minimum Gasteiger partial charge on any atom is -0.289 e. The number of thiazole rings is 1. The zero-order valence-electron chi connectivity index (χ0n) is 12.5. The van der Waals surface area contributed by atoms with Crippen molar-refractivity contribution >= 4 is 28.4 Å². The maximum Gasteiger partial charge on any atom is 0.269 e. The Morgan fingerprint density at radius 1 is 1.45 bits per heavy atom. The molecule has 1 heterocycles. The molecule has 0 saturated carbocycles. The second kappa shape index (κ2) is 7.02. The summed E-state index contributed by atoms with van der Waals surface area (Å²) in [4.78, 5) is 15.6. The van der Waals surface area contributed by atoms with Crippen LogP contribution in [0.25, 0.3) is 5.70 Å². The Morgan fingerprint density at radius 3 is 2.68 bits per heavy atom. The predicted octanol–water partition coefficient (Wildman–Crippen LogP) is 4.36. The average molecular weight is 315 g/mol. The first-order valence-corrected chi connectivity index (χ1v) is 7.74. The standard InChI is InChI=1S/C16H17N3O2S/c1-4-14(11-12(2)3)18-9-10-22-16(18)17-13-5-7-15(8-6-13)19(20)21/h5-10,12H,1,11H2,2-3H3. The number of nitrogens with zero attached hydrogens (tertiary/aromatic N) is 3. The predicted molar refractivity (Wildman–Crippen MR) is 88.9 cm³/mol. The molecule has 0 N–H and O–H groups in total. The summed E-state index contributed by atoms with van der Waals surface area (Å²) < 4.78 is 1.96. The van der Waals surface area contributed by atoms with E-state index in [4.69, 9.17) is 0 Å². The number of aromatic nitrogens is 1. The van der Waals surface area contributed by atoms with Crippen molar-refractivity contribution in [2.24, 2.45) is 10.9 Å². The van der Waals surface area contributed by atoms with Gasteiger partial charge in [0.1, 0.15) is 0 Å². The van der Waals surface area contributed by atoms with Gasteiger partial charge in [-0.2, -0.15) is 0 Å². The number of rotatable bonds is 5. The lowest BCUT2D eigenvalue weighted by molar-refractivity contribution is -0.384. The molecule has 22 heavy (non-hydrogen) atoms. The molecule has 0 aliphatic heterocycles. The largest absolute Gasteiger partial charge is 0.289 e. The fraction of sp³-hybridized carbons (Fsp3) is 0.250. The molecule has 2 aromatic rings. The lowest BCUT2D eigenvalue weighted by Crippen LogP contribution is -2.13. The van der Waals surface area contributed by atoms with Gasteiger partial charge in [0.15, 0.2) is 4.80 Å². The highest BCUT2D eigenvalue weighted by Crippen LogP contribution is 2.18. The third-order valence-corrected chi connectivity index (χ3v) is 3.73. The second-order valence-corrected chi connectivity index (χ2v) is 6.04. The number of nitro groups is 1. The van der Waals surface area contributed by atoms with Gasteiger partial charge in [0.2, 0.25) is 0 Å². The fourth-order valence-electron chi connectivity index (χ4n) is 1.96. The Kier molecular flexibility index (Phi) is 5.09. The number of hydrogen-bond donors (Lipinski definition) is 0. The molecule has 1 aromatic carbocycles. The number of hydrogen-bond acceptors (Lipinski definition) is 4. The van der Waals surface area contributed by atoms with Crippen LogP contribution in [0.1, 0.15) is 20.3 Å². The molecule has 5 nitrogen and oxygen atoms in total. The molecule has 0 radical (unpaired) electrons. The first-order valence-electron chi connectivity index (χ1n) is 6.86. The molecule has 0 aliphatic carbocycles. The van der Waals surface area contributed by atoms with Gasteiger partial charge in [-0.25, -0.2) is 4.99 Å². The van der Waals surface area contributed by atoms with Gasteiger partial charge in [-0.3, -0.25) is 14.7 Å². The molecular weight excluding hydrogens is 298 g/mol. The summed E-state index contributed by atoms with van der Waals surface area (Å²) in [6.07, 6.45) is 2.79. The third-order valence-electron chi connectivity index (χ3n) is 2.97. The van der Waals surface area contributed by atoms with Gasteiger partial charge >= 0.3 is 0 Å². The van der Waals surface area contributed by atoms with E-state index in [1.807, 2.05) is 16.1 Å². The van der Waals surface area contributed by atoms with Crippen LogP contribution in [-0.2, 0) is 0 Å². The minimum atomic E-state index is -0.420. The van der Waals surface area contributed by atoms with Crippen LogP contribution in [0, 0.1) is 16.0 Å². The van der Waals surface area contributed by atoms with Crippen LogP contribution in [0.5, 0.6) is 0 Å². The summed E-state index contributed by atoms with van der Waals surface area (Å²) >= 11 is 1.50. The Labute approximate surface area is 132 Å². The van der Waals surface area contributed by atoms with E-state index in [0.29, 0.717) is 11.6 Å². The Balaban J connectivity index is 2.39. The van der Waals surface area contributed by atoms with E-state index in [-0.39, 0.29) is 5.69 Å². The van der Waals surface area contributed by atoms with Crippen LogP contribution < -0.4 is 4.80 Å². The Morgan fingerprint density at radius 2 is 2.14 bits per heavy atom. The molecule has 0 fully saturated rings. The fourth-order valence-corrected chi connectivity index (χ4v) is 2.71. The Bertz CT molecular complexity index is 778. The summed E-state index contributed by atoms with van der Waals surface area (Å²) in [7, 11) is 0. The molecule has 0 spiro atoms. The third kappa shape index (κ3) is 3.81. The number of allylic oxidation sites excluding steroid dienone is 1. The van der Waals surface area contributed by atoms with E-state index in [0.717, 1.165) is 16.9 Å². The van der Waals surface area contributed by atoms with E-state index >= 15 is 0 Å². The summed E-state index contributed by atoms with van der Waals surface area (Å²) in [6.45, 7) is 8.03. The van der Waals surface area contributed by atoms with Crippen LogP contribution in [0.4, 0.5) is 11.4 Å². The zero-order valence-corrected chi connectivity index (χ0v) is 13.3. The summed E-state index contributed by atoms with van der Waals surface area (Å²) in [5, 5.41) is 12.6. The van der Waals surface area contributed by atoms with Crippen molar-refractivity contribution in [3.8, 4) is 0 Å². The van der Waals surface area contributed by atoms with Crippen molar-refractivity contribution in [1.82, 2.24) is 4.57 Å². The van der Waals surface area contributed by atoms with E-state index < -0.39 is 4.92 Å². The van der Waals surface area contributed by atoms with Crippen molar-refractivity contribution in [3.63, 3.8) is 0 Å². The lowest BCUT2D eigenvalue weighted by Gasteiger charge is -2.08. The molecule has 0 saturated heterocycles. The van der Waals surface area contributed by atoms with Gasteiger partial charge in [-0.15, -0.1) is 17.1 Å². The number of non-ortho nitro benzene ring substituents is 1.